The van der Waals surface area contributed by atoms with Crippen molar-refractivity contribution in [3.05, 3.63) is 69.9 Å². The fraction of sp³-hybridized carbons (Fsp3) is 0.400. The highest BCUT2D eigenvalue weighted by molar-refractivity contribution is 14.0. The SMILES string of the molecule is CCNC(=NCc1ccc(C)c(F)c1)NCCCCn1ccccc1=O.I. The third kappa shape index (κ3) is 8.11. The predicted molar refractivity (Wildman–Crippen MR) is 119 cm³/mol. The first-order chi connectivity index (χ1) is 12.6. The molecule has 2 N–H and O–H groups in total. The number of nitrogens with zero attached hydrogens (tertiary/aromatic N) is 2. The van der Waals surface area contributed by atoms with E-state index in [1.165, 1.54) is 6.07 Å². The number of hydrogen-bond donors (Lipinski definition) is 2. The van der Waals surface area contributed by atoms with Gasteiger partial charge in [0.2, 0.25) is 5.56 Å². The van der Waals surface area contributed by atoms with E-state index in [0.29, 0.717) is 24.6 Å². The summed E-state index contributed by atoms with van der Waals surface area (Å²) in [6, 6.07) is 10.4. The lowest BCUT2D eigenvalue weighted by molar-refractivity contribution is 0.585. The molecule has 0 fully saturated rings. The van der Waals surface area contributed by atoms with E-state index in [0.717, 1.165) is 31.5 Å². The third-order valence-electron chi connectivity index (χ3n) is 4.02. The Hall–Kier alpha value is -1.90. The molecule has 0 aliphatic rings. The molecule has 0 atom stereocenters. The van der Waals surface area contributed by atoms with Gasteiger partial charge in [-0.2, -0.15) is 0 Å². The molecule has 1 heterocycles. The summed E-state index contributed by atoms with van der Waals surface area (Å²) in [5.41, 5.74) is 1.51. The average molecular weight is 486 g/mol. The smallest absolute Gasteiger partial charge is 0.250 e. The largest absolute Gasteiger partial charge is 0.357 e. The van der Waals surface area contributed by atoms with Crippen LogP contribution in [-0.4, -0.2) is 23.6 Å². The van der Waals surface area contributed by atoms with Crippen LogP contribution < -0.4 is 16.2 Å². The molecule has 2 aromatic rings. The Labute approximate surface area is 177 Å². The maximum atomic E-state index is 13.6. The van der Waals surface area contributed by atoms with Crippen molar-refractivity contribution in [1.82, 2.24) is 15.2 Å². The summed E-state index contributed by atoms with van der Waals surface area (Å²) in [6.07, 6.45) is 3.63. The molecule has 0 bridgehead atoms. The molecule has 1 aromatic carbocycles. The lowest BCUT2D eigenvalue weighted by Gasteiger charge is -2.11. The Balaban J connectivity index is 0.00000364. The van der Waals surface area contributed by atoms with Crippen molar-refractivity contribution in [3.63, 3.8) is 0 Å². The lowest BCUT2D eigenvalue weighted by atomic mass is 10.1. The van der Waals surface area contributed by atoms with Gasteiger partial charge >= 0.3 is 0 Å². The van der Waals surface area contributed by atoms with Crippen LogP contribution in [0.5, 0.6) is 0 Å². The van der Waals surface area contributed by atoms with Crippen LogP contribution in [0.4, 0.5) is 4.39 Å². The van der Waals surface area contributed by atoms with Crippen LogP contribution in [0.15, 0.2) is 52.4 Å². The summed E-state index contributed by atoms with van der Waals surface area (Å²) in [7, 11) is 0. The van der Waals surface area contributed by atoms with Crippen molar-refractivity contribution >= 4 is 29.9 Å². The molecule has 7 heteroatoms. The van der Waals surface area contributed by atoms with Crippen molar-refractivity contribution in [2.75, 3.05) is 13.1 Å². The predicted octanol–water partition coefficient (Wildman–Crippen LogP) is 3.45. The van der Waals surface area contributed by atoms with Crippen LogP contribution >= 0.6 is 24.0 Å². The van der Waals surface area contributed by atoms with Crippen LogP contribution in [-0.2, 0) is 13.1 Å². The maximum Gasteiger partial charge on any atom is 0.250 e. The van der Waals surface area contributed by atoms with Crippen LogP contribution in [0.25, 0.3) is 0 Å². The van der Waals surface area contributed by atoms with Gasteiger partial charge in [-0.25, -0.2) is 9.38 Å². The topological polar surface area (TPSA) is 58.4 Å². The minimum atomic E-state index is -0.202. The minimum Gasteiger partial charge on any atom is -0.357 e. The van der Waals surface area contributed by atoms with Crippen molar-refractivity contribution in [2.45, 2.75) is 39.8 Å². The number of hydrogen-bond acceptors (Lipinski definition) is 2. The number of unbranched alkanes of at least 4 members (excludes halogenated alkanes) is 1. The van der Waals surface area contributed by atoms with E-state index < -0.39 is 0 Å². The molecule has 2 rings (SSSR count). The van der Waals surface area contributed by atoms with Crippen LogP contribution in [0, 0.1) is 12.7 Å². The number of guanidine groups is 1. The van der Waals surface area contributed by atoms with Gasteiger partial charge in [0.05, 0.1) is 6.54 Å². The quantitative estimate of drug-likeness (QED) is 0.260. The third-order valence-corrected chi connectivity index (χ3v) is 4.02. The normalized spacial score (nSPS) is 11.0. The Morgan fingerprint density at radius 3 is 2.70 bits per heavy atom. The van der Waals surface area contributed by atoms with Gasteiger partial charge in [0.25, 0.3) is 0 Å². The molecule has 0 aliphatic carbocycles. The summed E-state index contributed by atoms with van der Waals surface area (Å²) in [5, 5.41) is 6.46. The number of aromatic nitrogens is 1. The number of benzene rings is 1. The second kappa shape index (κ2) is 12.5. The number of aliphatic imine (C=N–C) groups is 1. The highest BCUT2D eigenvalue weighted by atomic mass is 127. The van der Waals surface area contributed by atoms with E-state index in [1.807, 2.05) is 25.3 Å². The van der Waals surface area contributed by atoms with Gasteiger partial charge in [0, 0.05) is 31.9 Å². The fourth-order valence-corrected chi connectivity index (χ4v) is 2.51. The second-order valence-corrected chi connectivity index (χ2v) is 6.14. The zero-order valence-electron chi connectivity index (χ0n) is 15.9. The molecule has 27 heavy (non-hydrogen) atoms. The van der Waals surface area contributed by atoms with Crippen molar-refractivity contribution < 1.29 is 4.39 Å². The molecule has 1 aromatic heterocycles. The van der Waals surface area contributed by atoms with Gasteiger partial charge in [-0.05, 0) is 49.9 Å². The van der Waals surface area contributed by atoms with Crippen molar-refractivity contribution in [1.29, 1.82) is 0 Å². The molecule has 0 saturated heterocycles. The number of aryl methyl sites for hydroxylation is 2. The maximum absolute atomic E-state index is 13.6. The van der Waals surface area contributed by atoms with Crippen LogP contribution in [0.2, 0.25) is 0 Å². The summed E-state index contributed by atoms with van der Waals surface area (Å²) in [6.45, 7) is 6.40. The zero-order chi connectivity index (χ0) is 18.8. The van der Waals surface area contributed by atoms with Gasteiger partial charge in [-0.15, -0.1) is 24.0 Å². The first kappa shape index (κ1) is 23.1. The van der Waals surface area contributed by atoms with Gasteiger partial charge in [0.1, 0.15) is 5.82 Å². The Morgan fingerprint density at radius 1 is 1.19 bits per heavy atom. The number of halogens is 2. The van der Waals surface area contributed by atoms with E-state index in [4.69, 9.17) is 0 Å². The van der Waals surface area contributed by atoms with Gasteiger partial charge < -0.3 is 15.2 Å². The van der Waals surface area contributed by atoms with E-state index in [2.05, 4.69) is 15.6 Å². The molecule has 148 valence electrons. The second-order valence-electron chi connectivity index (χ2n) is 6.14. The lowest BCUT2D eigenvalue weighted by Crippen LogP contribution is -2.37. The molecular weight excluding hydrogens is 458 g/mol. The molecule has 5 nitrogen and oxygen atoms in total. The zero-order valence-corrected chi connectivity index (χ0v) is 18.2. The summed E-state index contributed by atoms with van der Waals surface area (Å²) in [4.78, 5) is 16.1. The molecule has 0 unspecified atom stereocenters. The van der Waals surface area contributed by atoms with Crippen molar-refractivity contribution in [2.24, 2.45) is 4.99 Å². The monoisotopic (exact) mass is 486 g/mol. The fourth-order valence-electron chi connectivity index (χ4n) is 2.51. The molecular formula is C20H28FIN4O. The highest BCUT2D eigenvalue weighted by Gasteiger charge is 2.01. The summed E-state index contributed by atoms with van der Waals surface area (Å²) >= 11 is 0. The highest BCUT2D eigenvalue weighted by Crippen LogP contribution is 2.09. The number of rotatable bonds is 8. The van der Waals surface area contributed by atoms with Crippen LogP contribution in [0.3, 0.4) is 0 Å². The standard InChI is InChI=1S/C20H27FN4O.HI/c1-3-22-20(24-15-17-10-9-16(2)18(21)14-17)23-11-5-7-13-25-12-6-4-8-19(25)26;/h4,6,8-10,12,14H,3,5,7,11,13,15H2,1-2H3,(H2,22,23,24);1H. The van der Waals surface area contributed by atoms with E-state index in [9.17, 15) is 9.18 Å². The van der Waals surface area contributed by atoms with Gasteiger partial charge in [-0.1, -0.05) is 18.2 Å². The Bertz CT molecular complexity index is 792. The molecule has 0 spiro atoms. The summed E-state index contributed by atoms with van der Waals surface area (Å²) < 4.78 is 15.3. The molecule has 0 radical (unpaired) electrons. The number of nitrogens with one attached hydrogen (secondary N) is 2. The van der Waals surface area contributed by atoms with E-state index in [-0.39, 0.29) is 35.4 Å². The van der Waals surface area contributed by atoms with E-state index in [1.54, 1.807) is 29.7 Å². The van der Waals surface area contributed by atoms with Crippen molar-refractivity contribution in [3.8, 4) is 0 Å². The first-order valence-electron chi connectivity index (χ1n) is 9.03. The average Bonchev–Trinajstić information content (AvgIpc) is 2.63. The van der Waals surface area contributed by atoms with Gasteiger partial charge in [-0.3, -0.25) is 4.79 Å². The first-order valence-corrected chi connectivity index (χ1v) is 9.03. The number of pyridine rings is 1. The minimum absolute atomic E-state index is 0. The van der Waals surface area contributed by atoms with Gasteiger partial charge in [0.15, 0.2) is 5.96 Å². The molecule has 0 saturated carbocycles. The Kier molecular flexibility index (Phi) is 10.7. The molecule has 0 aliphatic heterocycles. The van der Waals surface area contributed by atoms with E-state index >= 15 is 0 Å². The molecule has 0 amide bonds. The summed E-state index contributed by atoms with van der Waals surface area (Å²) in [5.74, 6) is 0.511. The Morgan fingerprint density at radius 2 is 2.00 bits per heavy atom. The van der Waals surface area contributed by atoms with Crippen LogP contribution in [0.1, 0.15) is 30.9 Å².